The van der Waals surface area contributed by atoms with Crippen molar-refractivity contribution in [3.8, 4) is 0 Å². The Bertz CT molecular complexity index is 907. The lowest BCUT2D eigenvalue weighted by Gasteiger charge is -2.06. The molecule has 0 aliphatic carbocycles. The van der Waals surface area contributed by atoms with Crippen molar-refractivity contribution in [2.45, 2.75) is 19.2 Å². The van der Waals surface area contributed by atoms with Crippen LogP contribution in [-0.2, 0) is 27.1 Å². The predicted octanol–water partition coefficient (Wildman–Crippen LogP) is 3.14. The van der Waals surface area contributed by atoms with Gasteiger partial charge < -0.3 is 5.32 Å². The maximum Gasteiger partial charge on any atom is 0.244 e. The van der Waals surface area contributed by atoms with Crippen LogP contribution >= 0.6 is 15.9 Å². The van der Waals surface area contributed by atoms with Crippen molar-refractivity contribution in [2.75, 3.05) is 7.05 Å². The largest absolute Gasteiger partial charge is 0.348 e. The lowest BCUT2D eigenvalue weighted by Crippen LogP contribution is -2.21. The molecule has 0 aliphatic heterocycles. The molecule has 2 N–H and O–H groups in total. The van der Waals surface area contributed by atoms with Crippen LogP contribution in [0.5, 0.6) is 0 Å². The minimum absolute atomic E-state index is 0.0652. The van der Waals surface area contributed by atoms with Gasteiger partial charge in [0.2, 0.25) is 15.9 Å². The molecule has 7 heteroatoms. The van der Waals surface area contributed by atoms with Gasteiger partial charge in [0, 0.05) is 17.1 Å². The molecule has 0 saturated carbocycles. The molecule has 0 heterocycles. The number of carbonyl (C=O) groups excluding carboxylic acids is 1. The van der Waals surface area contributed by atoms with Crippen molar-refractivity contribution in [1.29, 1.82) is 0 Å². The molecule has 0 spiro atoms. The highest BCUT2D eigenvalue weighted by atomic mass is 79.9. The van der Waals surface area contributed by atoms with Gasteiger partial charge in [0.25, 0.3) is 0 Å². The number of rotatable bonds is 7. The normalized spacial score (nSPS) is 11.7. The molecule has 2 aromatic carbocycles. The molecular weight excluding hydrogens is 416 g/mol. The van der Waals surface area contributed by atoms with E-state index in [1.54, 1.807) is 30.3 Å². The molecule has 2 aromatic rings. The van der Waals surface area contributed by atoms with E-state index in [-0.39, 0.29) is 11.7 Å². The quantitative estimate of drug-likeness (QED) is 0.654. The summed E-state index contributed by atoms with van der Waals surface area (Å²) in [6.07, 6.45) is 3.24. The second-order valence-electron chi connectivity index (χ2n) is 5.86. The van der Waals surface area contributed by atoms with Gasteiger partial charge in [-0.2, -0.15) is 0 Å². The van der Waals surface area contributed by atoms with Crippen LogP contribution in [0.1, 0.15) is 22.3 Å². The summed E-state index contributed by atoms with van der Waals surface area (Å²) in [5, 5.41) is 2.81. The molecule has 0 bridgehead atoms. The van der Waals surface area contributed by atoms with E-state index in [0.29, 0.717) is 12.1 Å². The summed E-state index contributed by atoms with van der Waals surface area (Å²) in [6.45, 7) is 2.38. The number of carbonyl (C=O) groups is 1. The second kappa shape index (κ2) is 9.12. The van der Waals surface area contributed by atoms with Gasteiger partial charge in [-0.25, -0.2) is 13.1 Å². The summed E-state index contributed by atoms with van der Waals surface area (Å²) in [7, 11) is -1.89. The maximum absolute atomic E-state index is 12.0. The van der Waals surface area contributed by atoms with Crippen LogP contribution in [0.3, 0.4) is 0 Å². The fraction of sp³-hybridized carbons (Fsp3) is 0.211. The van der Waals surface area contributed by atoms with E-state index in [4.69, 9.17) is 0 Å². The zero-order chi connectivity index (χ0) is 19.2. The Morgan fingerprint density at radius 2 is 1.77 bits per heavy atom. The zero-order valence-electron chi connectivity index (χ0n) is 14.6. The van der Waals surface area contributed by atoms with Crippen LogP contribution in [0.4, 0.5) is 0 Å². The van der Waals surface area contributed by atoms with Crippen molar-refractivity contribution in [3.05, 3.63) is 75.3 Å². The van der Waals surface area contributed by atoms with E-state index in [0.717, 1.165) is 21.2 Å². The van der Waals surface area contributed by atoms with Gasteiger partial charge in [-0.05, 0) is 48.4 Å². The fourth-order valence-electron chi connectivity index (χ4n) is 2.23. The highest BCUT2D eigenvalue weighted by Crippen LogP contribution is 2.19. The monoisotopic (exact) mass is 436 g/mol. The van der Waals surface area contributed by atoms with Gasteiger partial charge >= 0.3 is 0 Å². The highest BCUT2D eigenvalue weighted by Gasteiger charge is 2.08. The van der Waals surface area contributed by atoms with Crippen molar-refractivity contribution >= 4 is 37.9 Å². The molecule has 0 saturated heterocycles. The Labute approximate surface area is 162 Å². The summed E-state index contributed by atoms with van der Waals surface area (Å²) < 4.78 is 26.3. The number of sulfonamides is 1. The van der Waals surface area contributed by atoms with Crippen molar-refractivity contribution in [1.82, 2.24) is 10.0 Å². The number of hydrogen-bond acceptors (Lipinski definition) is 3. The van der Waals surface area contributed by atoms with E-state index < -0.39 is 10.0 Å². The Morgan fingerprint density at radius 1 is 1.12 bits per heavy atom. The standard InChI is InChI=1S/C19H21BrN2O3S/c1-14-3-8-17(18(20)11-14)9-10-19(23)22-12-15-4-6-16(7-5-15)13-26(24,25)21-2/h3-11,21H,12-13H2,1-2H3,(H,22,23)/b10-9+. The SMILES string of the molecule is CNS(=O)(=O)Cc1ccc(CNC(=O)/C=C/c2ccc(C)cc2Br)cc1. The number of nitrogens with one attached hydrogen (secondary N) is 2. The molecule has 0 fully saturated rings. The number of amides is 1. The smallest absolute Gasteiger partial charge is 0.244 e. The number of aryl methyl sites for hydroxylation is 1. The van der Waals surface area contributed by atoms with Crippen LogP contribution in [0.15, 0.2) is 53.0 Å². The van der Waals surface area contributed by atoms with Crippen LogP contribution in [0.25, 0.3) is 6.08 Å². The number of benzene rings is 2. The maximum atomic E-state index is 12.0. The molecule has 0 unspecified atom stereocenters. The van der Waals surface area contributed by atoms with Gasteiger partial charge in [-0.15, -0.1) is 0 Å². The third kappa shape index (κ3) is 6.40. The van der Waals surface area contributed by atoms with Crippen molar-refractivity contribution in [3.63, 3.8) is 0 Å². The Hall–Kier alpha value is -1.96. The van der Waals surface area contributed by atoms with E-state index in [2.05, 4.69) is 26.0 Å². The van der Waals surface area contributed by atoms with Crippen LogP contribution in [0, 0.1) is 6.92 Å². The molecule has 0 aliphatic rings. The summed E-state index contributed by atoms with van der Waals surface area (Å²) >= 11 is 3.48. The first kappa shape index (κ1) is 20.4. The molecular formula is C19H21BrN2O3S. The van der Waals surface area contributed by atoms with Gasteiger partial charge in [0.1, 0.15) is 0 Å². The molecule has 0 aromatic heterocycles. The minimum atomic E-state index is -3.28. The van der Waals surface area contributed by atoms with Gasteiger partial charge in [-0.1, -0.05) is 52.3 Å². The minimum Gasteiger partial charge on any atom is -0.348 e. The van der Waals surface area contributed by atoms with Crippen LogP contribution in [-0.4, -0.2) is 21.4 Å². The van der Waals surface area contributed by atoms with Crippen molar-refractivity contribution < 1.29 is 13.2 Å². The van der Waals surface area contributed by atoms with Gasteiger partial charge in [-0.3, -0.25) is 4.79 Å². The zero-order valence-corrected chi connectivity index (χ0v) is 17.0. The molecule has 0 radical (unpaired) electrons. The Kier molecular flexibility index (Phi) is 7.14. The third-order valence-corrected chi connectivity index (χ3v) is 5.75. The first-order chi connectivity index (χ1) is 12.3. The highest BCUT2D eigenvalue weighted by molar-refractivity contribution is 9.10. The topological polar surface area (TPSA) is 75.3 Å². The Balaban J connectivity index is 1.90. The van der Waals surface area contributed by atoms with Crippen LogP contribution in [0.2, 0.25) is 0 Å². The second-order valence-corrected chi connectivity index (χ2v) is 8.64. The summed E-state index contributed by atoms with van der Waals surface area (Å²) in [5.74, 6) is -0.260. The van der Waals surface area contributed by atoms with E-state index in [1.807, 2.05) is 25.1 Å². The predicted molar refractivity (Wildman–Crippen MR) is 108 cm³/mol. The summed E-state index contributed by atoms with van der Waals surface area (Å²) in [4.78, 5) is 12.0. The van der Waals surface area contributed by atoms with Crippen molar-refractivity contribution in [2.24, 2.45) is 0 Å². The Morgan fingerprint density at radius 3 is 2.38 bits per heavy atom. The number of hydrogen-bond donors (Lipinski definition) is 2. The average Bonchev–Trinajstić information content (AvgIpc) is 2.60. The van der Waals surface area contributed by atoms with E-state index >= 15 is 0 Å². The van der Waals surface area contributed by atoms with Gasteiger partial charge in [0.05, 0.1) is 5.75 Å². The number of halogens is 1. The van der Waals surface area contributed by atoms with E-state index in [9.17, 15) is 13.2 Å². The molecule has 26 heavy (non-hydrogen) atoms. The fourth-order valence-corrected chi connectivity index (χ4v) is 3.63. The molecule has 2 rings (SSSR count). The lowest BCUT2D eigenvalue weighted by atomic mass is 10.1. The third-order valence-electron chi connectivity index (χ3n) is 3.73. The summed E-state index contributed by atoms with van der Waals surface area (Å²) in [5.41, 5.74) is 3.66. The van der Waals surface area contributed by atoms with E-state index in [1.165, 1.54) is 13.1 Å². The molecule has 1 amide bonds. The van der Waals surface area contributed by atoms with Crippen LogP contribution < -0.4 is 10.0 Å². The van der Waals surface area contributed by atoms with Gasteiger partial charge in [0.15, 0.2) is 0 Å². The first-order valence-corrected chi connectivity index (χ1v) is 10.4. The molecule has 0 atom stereocenters. The molecule has 5 nitrogen and oxygen atoms in total. The average molecular weight is 437 g/mol. The lowest BCUT2D eigenvalue weighted by molar-refractivity contribution is -0.116. The summed E-state index contributed by atoms with van der Waals surface area (Å²) in [6, 6.07) is 13.0. The first-order valence-electron chi connectivity index (χ1n) is 8.00. The molecule has 138 valence electrons.